The first-order valence-electron chi connectivity index (χ1n) is 4.98. The third kappa shape index (κ3) is 2.55. The van der Waals surface area contributed by atoms with Crippen molar-refractivity contribution in [1.29, 1.82) is 0 Å². The number of anilines is 1. The fraction of sp³-hybridized carbons (Fsp3) is 0.300. The number of hydrogen-bond donors (Lipinski definition) is 1. The van der Waals surface area contributed by atoms with Gasteiger partial charge in [0, 0.05) is 5.69 Å². The molecule has 7 heteroatoms. The molecular weight excluding hydrogens is 263 g/mol. The zero-order valence-electron chi connectivity index (χ0n) is 8.89. The second-order valence-corrected chi connectivity index (χ2v) is 6.88. The Morgan fingerprint density at radius 3 is 2.88 bits per heavy atom. The summed E-state index contributed by atoms with van der Waals surface area (Å²) < 4.78 is 36.3. The molecule has 0 atom stereocenters. The number of hydrogen-bond acceptors (Lipinski definition) is 5. The van der Waals surface area contributed by atoms with Crippen LogP contribution < -0.4 is 5.73 Å². The number of halogens is 1. The van der Waals surface area contributed by atoms with Crippen molar-refractivity contribution in [1.82, 2.24) is 4.98 Å². The molecule has 92 valence electrons. The van der Waals surface area contributed by atoms with Gasteiger partial charge < -0.3 is 5.73 Å². The summed E-state index contributed by atoms with van der Waals surface area (Å²) in [6, 6.07) is 5.02. The van der Waals surface area contributed by atoms with Gasteiger partial charge in [0.05, 0.1) is 22.6 Å². The smallest absolute Gasteiger partial charge is 0.210 e. The standard InChI is InChI=1S/C10H11FN2O2S2/c11-4-1-5-17(14,15)10-13-8-3-2-7(12)6-9(8)16-10/h2-3,6H,1,4-5,12H2. The van der Waals surface area contributed by atoms with Crippen molar-refractivity contribution in [3.8, 4) is 0 Å². The second-order valence-electron chi connectivity index (χ2n) is 3.57. The Hall–Kier alpha value is -1.21. The number of nitrogen functional groups attached to an aromatic ring is 1. The molecule has 4 nitrogen and oxygen atoms in total. The van der Waals surface area contributed by atoms with Crippen LogP contribution in [0.5, 0.6) is 0 Å². The average Bonchev–Trinajstić information content (AvgIpc) is 2.70. The molecule has 17 heavy (non-hydrogen) atoms. The lowest BCUT2D eigenvalue weighted by Crippen LogP contribution is -2.06. The number of sulfone groups is 1. The van der Waals surface area contributed by atoms with Crippen molar-refractivity contribution >= 4 is 37.1 Å². The maximum atomic E-state index is 12.0. The molecule has 1 aromatic carbocycles. The van der Waals surface area contributed by atoms with E-state index in [4.69, 9.17) is 5.73 Å². The largest absolute Gasteiger partial charge is 0.399 e. The minimum Gasteiger partial charge on any atom is -0.399 e. The van der Waals surface area contributed by atoms with Crippen molar-refractivity contribution in [2.45, 2.75) is 10.8 Å². The maximum absolute atomic E-state index is 12.0. The van der Waals surface area contributed by atoms with Crippen LogP contribution in [0.2, 0.25) is 0 Å². The molecule has 2 aromatic rings. The third-order valence-electron chi connectivity index (χ3n) is 2.21. The maximum Gasteiger partial charge on any atom is 0.210 e. The normalized spacial score (nSPS) is 12.1. The Morgan fingerprint density at radius 2 is 2.18 bits per heavy atom. The number of fused-ring (bicyclic) bond motifs is 1. The highest BCUT2D eigenvalue weighted by Crippen LogP contribution is 2.27. The van der Waals surface area contributed by atoms with Crippen LogP contribution in [0.25, 0.3) is 10.2 Å². The molecule has 1 aromatic heterocycles. The van der Waals surface area contributed by atoms with Gasteiger partial charge in [0.25, 0.3) is 0 Å². The lowest BCUT2D eigenvalue weighted by Gasteiger charge is -1.96. The molecule has 0 radical (unpaired) electrons. The van der Waals surface area contributed by atoms with Crippen molar-refractivity contribution in [3.05, 3.63) is 18.2 Å². The van der Waals surface area contributed by atoms with Crippen LogP contribution in [0.4, 0.5) is 10.1 Å². The molecule has 0 unspecified atom stereocenters. The molecule has 1 heterocycles. The van der Waals surface area contributed by atoms with Crippen molar-refractivity contribution in [2.24, 2.45) is 0 Å². The van der Waals surface area contributed by atoms with E-state index in [1.54, 1.807) is 18.2 Å². The fourth-order valence-electron chi connectivity index (χ4n) is 1.38. The highest BCUT2D eigenvalue weighted by Gasteiger charge is 2.19. The summed E-state index contributed by atoms with van der Waals surface area (Å²) in [5, 5.41) is 0. The van der Waals surface area contributed by atoms with Crippen LogP contribution >= 0.6 is 11.3 Å². The van der Waals surface area contributed by atoms with Gasteiger partial charge in [0.15, 0.2) is 0 Å². The zero-order chi connectivity index (χ0) is 12.5. The molecule has 0 aliphatic heterocycles. The number of benzene rings is 1. The summed E-state index contributed by atoms with van der Waals surface area (Å²) in [6.45, 7) is -0.642. The lowest BCUT2D eigenvalue weighted by atomic mass is 10.3. The lowest BCUT2D eigenvalue weighted by molar-refractivity contribution is 0.484. The number of rotatable bonds is 4. The van der Waals surface area contributed by atoms with Gasteiger partial charge in [0.1, 0.15) is 0 Å². The number of alkyl halides is 1. The monoisotopic (exact) mass is 274 g/mol. The predicted molar refractivity (Wildman–Crippen MR) is 66.7 cm³/mol. The van der Waals surface area contributed by atoms with Gasteiger partial charge in [-0.3, -0.25) is 4.39 Å². The minimum atomic E-state index is -3.47. The fourth-order valence-corrected chi connectivity index (χ4v) is 4.06. The Labute approximate surface area is 102 Å². The molecule has 0 saturated heterocycles. The van der Waals surface area contributed by atoms with Gasteiger partial charge in [-0.15, -0.1) is 11.3 Å². The highest BCUT2D eigenvalue weighted by molar-refractivity contribution is 7.93. The number of nitrogens with zero attached hydrogens (tertiary/aromatic N) is 1. The van der Waals surface area contributed by atoms with E-state index in [2.05, 4.69) is 4.98 Å². The number of aromatic nitrogens is 1. The molecule has 2 rings (SSSR count). The summed E-state index contributed by atoms with van der Waals surface area (Å²) in [4.78, 5) is 4.03. The second kappa shape index (κ2) is 4.58. The average molecular weight is 274 g/mol. The molecular formula is C10H11FN2O2S2. The van der Waals surface area contributed by atoms with Gasteiger partial charge >= 0.3 is 0 Å². The van der Waals surface area contributed by atoms with Crippen molar-refractivity contribution < 1.29 is 12.8 Å². The van der Waals surface area contributed by atoms with E-state index in [0.29, 0.717) is 11.2 Å². The van der Waals surface area contributed by atoms with E-state index >= 15 is 0 Å². The zero-order valence-corrected chi connectivity index (χ0v) is 10.5. The van der Waals surface area contributed by atoms with Gasteiger partial charge in [-0.1, -0.05) is 0 Å². The molecule has 0 aliphatic rings. The first kappa shape index (κ1) is 12.3. The summed E-state index contributed by atoms with van der Waals surface area (Å²) in [5.74, 6) is -0.210. The SMILES string of the molecule is Nc1ccc2nc(S(=O)(=O)CCCF)sc2c1. The number of thiazole rings is 1. The van der Waals surface area contributed by atoms with Crippen molar-refractivity contribution in [3.63, 3.8) is 0 Å². The summed E-state index contributed by atoms with van der Waals surface area (Å²) in [6.07, 6.45) is 0.000394. The van der Waals surface area contributed by atoms with Crippen LogP contribution in [0, 0.1) is 0 Å². The first-order chi connectivity index (χ1) is 8.03. The molecule has 0 aliphatic carbocycles. The van der Waals surface area contributed by atoms with Crippen LogP contribution in [-0.4, -0.2) is 25.8 Å². The molecule has 0 fully saturated rings. The Bertz CT molecular complexity index is 637. The van der Waals surface area contributed by atoms with Crippen molar-refractivity contribution in [2.75, 3.05) is 18.2 Å². The van der Waals surface area contributed by atoms with Crippen LogP contribution in [0.3, 0.4) is 0 Å². The van der Waals surface area contributed by atoms with Crippen LogP contribution in [-0.2, 0) is 9.84 Å². The molecule has 2 N–H and O–H groups in total. The van der Waals surface area contributed by atoms with Gasteiger partial charge in [-0.2, -0.15) is 0 Å². The van der Waals surface area contributed by atoms with E-state index < -0.39 is 16.5 Å². The Morgan fingerprint density at radius 1 is 1.41 bits per heavy atom. The molecule has 0 amide bonds. The summed E-state index contributed by atoms with van der Waals surface area (Å²) >= 11 is 1.07. The van der Waals surface area contributed by atoms with Gasteiger partial charge in [-0.05, 0) is 24.6 Å². The van der Waals surface area contributed by atoms with E-state index in [0.717, 1.165) is 16.0 Å². The summed E-state index contributed by atoms with van der Waals surface area (Å²) in [5.41, 5.74) is 6.77. The molecule has 0 bridgehead atoms. The van der Waals surface area contributed by atoms with E-state index in [-0.39, 0.29) is 16.5 Å². The van der Waals surface area contributed by atoms with Crippen LogP contribution in [0.15, 0.2) is 22.5 Å². The molecule has 0 spiro atoms. The highest BCUT2D eigenvalue weighted by atomic mass is 32.2. The molecule has 0 saturated carbocycles. The summed E-state index contributed by atoms with van der Waals surface area (Å²) in [7, 11) is -3.47. The van der Waals surface area contributed by atoms with E-state index in [1.807, 2.05) is 0 Å². The quantitative estimate of drug-likeness (QED) is 0.866. The Kier molecular flexibility index (Phi) is 3.30. The van der Waals surface area contributed by atoms with Gasteiger partial charge in [-0.25, -0.2) is 13.4 Å². The number of nitrogens with two attached hydrogens (primary N) is 1. The van der Waals surface area contributed by atoms with E-state index in [1.165, 1.54) is 0 Å². The minimum absolute atomic E-state index is 0.000394. The topological polar surface area (TPSA) is 73.0 Å². The first-order valence-corrected chi connectivity index (χ1v) is 7.44. The van der Waals surface area contributed by atoms with E-state index in [9.17, 15) is 12.8 Å². The van der Waals surface area contributed by atoms with Gasteiger partial charge in [0.2, 0.25) is 14.2 Å². The Balaban J connectivity index is 2.43. The third-order valence-corrected chi connectivity index (χ3v) is 5.48. The predicted octanol–water partition coefficient (Wildman–Crippen LogP) is 2.01. The van der Waals surface area contributed by atoms with Crippen LogP contribution in [0.1, 0.15) is 6.42 Å².